The Labute approximate surface area is 169 Å². The van der Waals surface area contributed by atoms with E-state index in [1.165, 1.54) is 19.2 Å². The lowest BCUT2D eigenvalue weighted by atomic mass is 9.87. The molecule has 1 aromatic carbocycles. The summed E-state index contributed by atoms with van der Waals surface area (Å²) >= 11 is 0. The van der Waals surface area contributed by atoms with Gasteiger partial charge in [-0.25, -0.2) is 4.68 Å². The van der Waals surface area contributed by atoms with Crippen LogP contribution in [0.4, 0.5) is 13.2 Å². The minimum absolute atomic E-state index is 0.147. The lowest BCUT2D eigenvalue weighted by molar-refractivity contribution is -0.143. The summed E-state index contributed by atoms with van der Waals surface area (Å²) in [6.45, 7) is 0. The van der Waals surface area contributed by atoms with Crippen molar-refractivity contribution in [3.05, 3.63) is 65.0 Å². The Morgan fingerprint density at radius 3 is 2.70 bits per heavy atom. The first-order chi connectivity index (χ1) is 14.4. The van der Waals surface area contributed by atoms with Gasteiger partial charge < -0.3 is 10.1 Å². The Morgan fingerprint density at radius 2 is 2.00 bits per heavy atom. The van der Waals surface area contributed by atoms with Crippen molar-refractivity contribution >= 4 is 5.91 Å². The summed E-state index contributed by atoms with van der Waals surface area (Å²) in [7, 11) is 1.37. The summed E-state index contributed by atoms with van der Waals surface area (Å²) < 4.78 is 46.9. The number of methoxy groups -OCH3 is 1. The molecule has 0 bridgehead atoms. The average Bonchev–Trinajstić information content (AvgIpc) is 3.20. The molecular formula is C20H18F3N5O2. The number of amides is 1. The highest BCUT2D eigenvalue weighted by atomic mass is 19.4. The number of alkyl halides is 3. The predicted octanol–water partition coefficient (Wildman–Crippen LogP) is 3.50. The molecule has 1 unspecified atom stereocenters. The fourth-order valence-electron chi connectivity index (χ4n) is 3.64. The van der Waals surface area contributed by atoms with Crippen molar-refractivity contribution in [2.24, 2.45) is 0 Å². The summed E-state index contributed by atoms with van der Waals surface area (Å²) in [4.78, 5) is 12.8. The normalized spacial score (nSPS) is 16.1. The Balaban J connectivity index is 1.67. The van der Waals surface area contributed by atoms with Crippen LogP contribution in [0.1, 0.15) is 46.1 Å². The van der Waals surface area contributed by atoms with E-state index in [0.29, 0.717) is 11.1 Å². The van der Waals surface area contributed by atoms with Crippen LogP contribution in [-0.4, -0.2) is 33.0 Å². The number of ether oxygens (including phenoxy) is 1. The predicted molar refractivity (Wildman–Crippen MR) is 100 cm³/mol. The van der Waals surface area contributed by atoms with E-state index >= 15 is 0 Å². The minimum Gasteiger partial charge on any atom is -0.480 e. The molecule has 3 aromatic rings. The largest absolute Gasteiger partial charge is 0.480 e. The molecule has 4 rings (SSSR count). The molecule has 0 radical (unpaired) electrons. The van der Waals surface area contributed by atoms with Gasteiger partial charge in [0.05, 0.1) is 24.9 Å². The SMILES string of the molecule is COc1ccc(-n2ncc(C(=O)NC3CCCc4ccccc43)c2C(F)(F)F)nn1. The van der Waals surface area contributed by atoms with E-state index in [2.05, 4.69) is 20.6 Å². The maximum absolute atomic E-state index is 13.8. The van der Waals surface area contributed by atoms with Crippen LogP contribution in [0.15, 0.2) is 42.6 Å². The smallest absolute Gasteiger partial charge is 0.434 e. The lowest BCUT2D eigenvalue weighted by Crippen LogP contribution is -2.32. The molecule has 1 aliphatic rings. The van der Waals surface area contributed by atoms with Crippen molar-refractivity contribution in [3.8, 4) is 11.7 Å². The number of rotatable bonds is 4. The van der Waals surface area contributed by atoms with Gasteiger partial charge in [0.15, 0.2) is 11.5 Å². The molecule has 1 aliphatic carbocycles. The van der Waals surface area contributed by atoms with Crippen molar-refractivity contribution < 1.29 is 22.7 Å². The Morgan fingerprint density at radius 1 is 1.20 bits per heavy atom. The molecule has 7 nitrogen and oxygen atoms in total. The van der Waals surface area contributed by atoms with Gasteiger partial charge in [-0.15, -0.1) is 10.2 Å². The molecule has 156 valence electrons. The maximum Gasteiger partial charge on any atom is 0.434 e. The zero-order valence-corrected chi connectivity index (χ0v) is 16.0. The zero-order chi connectivity index (χ0) is 21.3. The minimum atomic E-state index is -4.82. The van der Waals surface area contributed by atoms with E-state index in [0.717, 1.165) is 30.2 Å². The van der Waals surface area contributed by atoms with Gasteiger partial charge in [-0.1, -0.05) is 24.3 Å². The highest BCUT2D eigenvalue weighted by Gasteiger charge is 2.41. The van der Waals surface area contributed by atoms with E-state index < -0.39 is 23.3 Å². The van der Waals surface area contributed by atoms with Crippen molar-refractivity contribution in [1.82, 2.24) is 25.3 Å². The Hall–Kier alpha value is -3.43. The second-order valence-corrected chi connectivity index (χ2v) is 6.87. The van der Waals surface area contributed by atoms with E-state index in [1.54, 1.807) is 0 Å². The highest BCUT2D eigenvalue weighted by Crippen LogP contribution is 2.34. The number of aromatic nitrogens is 4. The van der Waals surface area contributed by atoms with E-state index in [9.17, 15) is 18.0 Å². The monoisotopic (exact) mass is 417 g/mol. The molecule has 1 N–H and O–H groups in total. The van der Waals surface area contributed by atoms with Gasteiger partial charge in [-0.3, -0.25) is 4.79 Å². The summed E-state index contributed by atoms with van der Waals surface area (Å²) in [5, 5.41) is 13.9. The van der Waals surface area contributed by atoms with Crippen molar-refractivity contribution in [1.29, 1.82) is 0 Å². The van der Waals surface area contributed by atoms with Crippen LogP contribution in [0.25, 0.3) is 5.82 Å². The summed E-state index contributed by atoms with van der Waals surface area (Å²) in [5.41, 5.74) is 0.250. The molecule has 1 atom stereocenters. The van der Waals surface area contributed by atoms with Gasteiger partial charge >= 0.3 is 6.18 Å². The third-order valence-electron chi connectivity index (χ3n) is 5.01. The second kappa shape index (κ2) is 7.77. The first-order valence-electron chi connectivity index (χ1n) is 9.30. The summed E-state index contributed by atoms with van der Waals surface area (Å²) in [6, 6.07) is 9.91. The third-order valence-corrected chi connectivity index (χ3v) is 5.01. The van der Waals surface area contributed by atoms with Crippen LogP contribution in [0.5, 0.6) is 5.88 Å². The molecule has 0 spiro atoms. The van der Waals surface area contributed by atoms with E-state index in [1.807, 2.05) is 24.3 Å². The summed E-state index contributed by atoms with van der Waals surface area (Å²) in [6.07, 6.45) is -1.55. The number of nitrogens with zero attached hydrogens (tertiary/aromatic N) is 4. The molecule has 0 saturated heterocycles. The lowest BCUT2D eigenvalue weighted by Gasteiger charge is -2.26. The van der Waals surface area contributed by atoms with Crippen LogP contribution < -0.4 is 10.1 Å². The number of hydrogen-bond acceptors (Lipinski definition) is 5. The van der Waals surface area contributed by atoms with Crippen molar-refractivity contribution in [2.45, 2.75) is 31.5 Å². The number of halogens is 3. The number of carbonyl (C=O) groups excluding carboxylic acids is 1. The molecule has 0 aliphatic heterocycles. The van der Waals surface area contributed by atoms with Crippen LogP contribution in [0.2, 0.25) is 0 Å². The number of aryl methyl sites for hydroxylation is 1. The van der Waals surface area contributed by atoms with Gasteiger partial charge in [0, 0.05) is 6.07 Å². The molecule has 10 heteroatoms. The van der Waals surface area contributed by atoms with Crippen molar-refractivity contribution in [3.63, 3.8) is 0 Å². The molecule has 2 heterocycles. The fourth-order valence-corrected chi connectivity index (χ4v) is 3.64. The molecular weight excluding hydrogens is 399 g/mol. The topological polar surface area (TPSA) is 81.9 Å². The summed E-state index contributed by atoms with van der Waals surface area (Å²) in [5.74, 6) is -0.865. The second-order valence-electron chi connectivity index (χ2n) is 6.87. The van der Waals surface area contributed by atoms with Crippen LogP contribution in [-0.2, 0) is 12.6 Å². The van der Waals surface area contributed by atoms with Crippen LogP contribution >= 0.6 is 0 Å². The van der Waals surface area contributed by atoms with Gasteiger partial charge in [-0.2, -0.15) is 18.3 Å². The number of hydrogen-bond donors (Lipinski definition) is 1. The number of benzene rings is 1. The molecule has 2 aromatic heterocycles. The standard InChI is InChI=1S/C20H18F3N5O2/c1-30-17-10-9-16(26-27-17)28-18(20(21,22)23)14(11-24-28)19(29)25-15-8-4-6-12-5-2-3-7-13(12)15/h2-3,5,7,9-11,15H,4,6,8H2,1H3,(H,25,29). The van der Waals surface area contributed by atoms with E-state index in [4.69, 9.17) is 4.74 Å². The first-order valence-corrected chi connectivity index (χ1v) is 9.30. The van der Waals surface area contributed by atoms with Crippen molar-refractivity contribution in [2.75, 3.05) is 7.11 Å². The third kappa shape index (κ3) is 3.72. The highest BCUT2D eigenvalue weighted by molar-refractivity contribution is 5.95. The van der Waals surface area contributed by atoms with E-state index in [-0.39, 0.29) is 17.7 Å². The molecule has 1 amide bonds. The number of fused-ring (bicyclic) bond motifs is 1. The zero-order valence-electron chi connectivity index (χ0n) is 16.0. The van der Waals surface area contributed by atoms with Gasteiger partial charge in [0.1, 0.15) is 0 Å². The van der Waals surface area contributed by atoms with Crippen LogP contribution in [0.3, 0.4) is 0 Å². The first kappa shape index (κ1) is 19.9. The van der Waals surface area contributed by atoms with Gasteiger partial charge in [-0.05, 0) is 36.5 Å². The Bertz CT molecular complexity index is 1060. The van der Waals surface area contributed by atoms with Gasteiger partial charge in [0.25, 0.3) is 5.91 Å². The number of carbonyl (C=O) groups is 1. The average molecular weight is 417 g/mol. The quantitative estimate of drug-likeness (QED) is 0.703. The fraction of sp³-hybridized carbons (Fsp3) is 0.300. The maximum atomic E-state index is 13.8. The molecule has 0 saturated carbocycles. The Kier molecular flexibility index (Phi) is 5.15. The molecule has 0 fully saturated rings. The molecule has 30 heavy (non-hydrogen) atoms. The van der Waals surface area contributed by atoms with Gasteiger partial charge in [0.2, 0.25) is 5.88 Å². The van der Waals surface area contributed by atoms with Crippen LogP contribution in [0, 0.1) is 0 Å². The number of nitrogens with one attached hydrogen (secondary N) is 1.